The van der Waals surface area contributed by atoms with Gasteiger partial charge in [0.2, 0.25) is 0 Å². The van der Waals surface area contributed by atoms with Crippen LogP contribution < -0.4 is 0 Å². The van der Waals surface area contributed by atoms with E-state index in [0.29, 0.717) is 0 Å². The van der Waals surface area contributed by atoms with Gasteiger partial charge in [-0.3, -0.25) is 0 Å². The molecule has 0 fully saturated rings. The highest BCUT2D eigenvalue weighted by molar-refractivity contribution is 6.66. The van der Waals surface area contributed by atoms with Gasteiger partial charge >= 0.3 is 0 Å². The summed E-state index contributed by atoms with van der Waals surface area (Å²) in [7, 11) is 0. The summed E-state index contributed by atoms with van der Waals surface area (Å²) < 4.78 is 0. The van der Waals surface area contributed by atoms with Crippen LogP contribution in [0.1, 0.15) is 40.0 Å². The second-order valence-corrected chi connectivity index (χ2v) is 3.45. The summed E-state index contributed by atoms with van der Waals surface area (Å²) in [4.78, 5) is 0. The smallest absolute Gasteiger partial charge is 0.111 e. The van der Waals surface area contributed by atoms with Gasteiger partial charge in [0.15, 0.2) is 6.71 Å². The van der Waals surface area contributed by atoms with Crippen molar-refractivity contribution in [2.45, 2.75) is 52.7 Å². The number of rotatable bonds is 6. The van der Waals surface area contributed by atoms with Gasteiger partial charge in [0.05, 0.1) is 0 Å². The Labute approximate surface area is 72.2 Å². The van der Waals surface area contributed by atoms with E-state index in [9.17, 15) is 0 Å². The second-order valence-electron chi connectivity index (χ2n) is 3.45. The van der Waals surface area contributed by atoms with E-state index in [2.05, 4.69) is 27.4 Å². The van der Waals surface area contributed by atoms with Gasteiger partial charge in [-0.25, -0.2) is 0 Å². The lowest BCUT2D eigenvalue weighted by Crippen LogP contribution is -2.11. The topological polar surface area (TPSA) is 0 Å². The molecular formula is C10H21B. The van der Waals surface area contributed by atoms with Gasteiger partial charge in [-0.15, -0.1) is 12.1 Å². The maximum atomic E-state index is 4.01. The zero-order chi connectivity index (χ0) is 8.69. The Kier molecular flexibility index (Phi) is 6.40. The Balaban J connectivity index is 3.44. The van der Waals surface area contributed by atoms with Crippen LogP contribution in [0.15, 0.2) is 12.1 Å². The third-order valence-corrected chi connectivity index (χ3v) is 2.35. The van der Waals surface area contributed by atoms with Crippen molar-refractivity contribution in [2.24, 2.45) is 0 Å². The molecule has 0 nitrogen and oxygen atoms in total. The first-order valence-corrected chi connectivity index (χ1v) is 4.87. The van der Waals surface area contributed by atoms with E-state index in [4.69, 9.17) is 0 Å². The molecule has 0 aliphatic heterocycles. The third kappa shape index (κ3) is 5.12. The molecule has 0 aromatic rings. The van der Waals surface area contributed by atoms with Crippen molar-refractivity contribution in [1.82, 2.24) is 0 Å². The van der Waals surface area contributed by atoms with Gasteiger partial charge in [0.1, 0.15) is 0 Å². The highest BCUT2D eigenvalue weighted by Crippen LogP contribution is 2.12. The summed E-state index contributed by atoms with van der Waals surface area (Å²) in [6.45, 7) is 11.4. The molecule has 0 heterocycles. The monoisotopic (exact) mass is 152 g/mol. The first-order chi connectivity index (χ1) is 5.22. The van der Waals surface area contributed by atoms with Crippen molar-refractivity contribution in [2.75, 3.05) is 0 Å². The van der Waals surface area contributed by atoms with E-state index in [1.54, 1.807) is 0 Å². The Hall–Kier alpha value is -0.195. The lowest BCUT2D eigenvalue weighted by molar-refractivity contribution is 0.765. The van der Waals surface area contributed by atoms with Crippen molar-refractivity contribution in [3.05, 3.63) is 12.1 Å². The fourth-order valence-electron chi connectivity index (χ4n) is 1.44. The van der Waals surface area contributed by atoms with Gasteiger partial charge in [-0.05, 0) is 0 Å². The zero-order valence-corrected chi connectivity index (χ0v) is 8.32. The Bertz CT molecular complexity index is 107. The van der Waals surface area contributed by atoms with Crippen LogP contribution in [0.3, 0.4) is 0 Å². The molecule has 0 aromatic heterocycles. The van der Waals surface area contributed by atoms with Crippen LogP contribution in [0, 0.1) is 0 Å². The fraction of sp³-hybridized carbons (Fsp3) is 0.800. The van der Waals surface area contributed by atoms with Crippen molar-refractivity contribution in [1.29, 1.82) is 0 Å². The fourth-order valence-corrected chi connectivity index (χ4v) is 1.44. The van der Waals surface area contributed by atoms with Crippen molar-refractivity contribution in [3.8, 4) is 0 Å². The lowest BCUT2D eigenvalue weighted by atomic mass is 9.40. The highest BCUT2D eigenvalue weighted by atomic mass is 13.9. The molecule has 0 unspecified atom stereocenters. The van der Waals surface area contributed by atoms with E-state index in [1.165, 1.54) is 37.4 Å². The highest BCUT2D eigenvalue weighted by Gasteiger charge is 2.09. The molecule has 1 heteroatoms. The van der Waals surface area contributed by atoms with Crippen LogP contribution in [0.25, 0.3) is 0 Å². The zero-order valence-electron chi connectivity index (χ0n) is 8.32. The summed E-state index contributed by atoms with van der Waals surface area (Å²) in [5.74, 6) is 0. The molecule has 0 amide bonds. The van der Waals surface area contributed by atoms with E-state index >= 15 is 0 Å². The van der Waals surface area contributed by atoms with Crippen LogP contribution >= 0.6 is 0 Å². The van der Waals surface area contributed by atoms with Crippen LogP contribution in [-0.4, -0.2) is 6.71 Å². The molecule has 0 rings (SSSR count). The molecule has 0 aromatic carbocycles. The molecule has 11 heavy (non-hydrogen) atoms. The van der Waals surface area contributed by atoms with Crippen molar-refractivity contribution >= 4 is 6.71 Å². The van der Waals surface area contributed by atoms with Crippen molar-refractivity contribution in [3.63, 3.8) is 0 Å². The van der Waals surface area contributed by atoms with E-state index in [-0.39, 0.29) is 0 Å². The Morgan fingerprint density at radius 3 is 2.27 bits per heavy atom. The summed E-state index contributed by atoms with van der Waals surface area (Å²) in [5.41, 5.74) is 1.36. The van der Waals surface area contributed by atoms with Gasteiger partial charge in [0.25, 0.3) is 0 Å². The number of hydrogen-bond donors (Lipinski definition) is 0. The molecule has 0 aliphatic carbocycles. The maximum absolute atomic E-state index is 4.01. The average molecular weight is 152 g/mol. The molecule has 0 saturated heterocycles. The summed E-state index contributed by atoms with van der Waals surface area (Å²) >= 11 is 0. The van der Waals surface area contributed by atoms with E-state index in [0.717, 1.165) is 6.71 Å². The Morgan fingerprint density at radius 2 is 1.91 bits per heavy atom. The number of hydrogen-bond acceptors (Lipinski definition) is 0. The first-order valence-electron chi connectivity index (χ1n) is 4.87. The largest absolute Gasteiger partial charge is 0.169 e. The van der Waals surface area contributed by atoms with Crippen molar-refractivity contribution < 1.29 is 0 Å². The normalized spacial score (nSPS) is 9.73. The molecule has 0 bridgehead atoms. The summed E-state index contributed by atoms with van der Waals surface area (Å²) in [6, 6.07) is 0. The predicted molar refractivity (Wildman–Crippen MR) is 55.4 cm³/mol. The van der Waals surface area contributed by atoms with Gasteiger partial charge < -0.3 is 0 Å². The summed E-state index contributed by atoms with van der Waals surface area (Å²) in [5, 5.41) is 0. The number of unbranched alkanes of at least 4 members (excludes halogenated alkanes) is 2. The van der Waals surface area contributed by atoms with Gasteiger partial charge in [-0.1, -0.05) is 52.7 Å². The summed E-state index contributed by atoms with van der Waals surface area (Å²) in [6.07, 6.45) is 6.69. The molecule has 0 aliphatic rings. The number of allylic oxidation sites excluding steroid dienone is 1. The quantitative estimate of drug-likeness (QED) is 0.401. The SMILES string of the molecule is C=C(C)B(CC)CCCCC. The minimum absolute atomic E-state index is 0.779. The minimum atomic E-state index is 0.779. The van der Waals surface area contributed by atoms with Crippen LogP contribution in [-0.2, 0) is 0 Å². The first kappa shape index (κ1) is 10.8. The van der Waals surface area contributed by atoms with E-state index < -0.39 is 0 Å². The van der Waals surface area contributed by atoms with Crippen LogP contribution in [0.4, 0.5) is 0 Å². The van der Waals surface area contributed by atoms with Crippen LogP contribution in [0.2, 0.25) is 12.6 Å². The average Bonchev–Trinajstić information content (AvgIpc) is 1.97. The molecule has 0 radical (unpaired) electrons. The van der Waals surface area contributed by atoms with E-state index in [1.807, 2.05) is 0 Å². The van der Waals surface area contributed by atoms with Gasteiger partial charge in [0, 0.05) is 0 Å². The molecule has 0 saturated carbocycles. The molecule has 0 N–H and O–H groups in total. The standard InChI is InChI=1S/C10H21B/c1-5-7-8-9-11(6-2)10(3)4/h3,5-9H2,1-2,4H3. The van der Waals surface area contributed by atoms with Gasteiger partial charge in [-0.2, -0.15) is 0 Å². The lowest BCUT2D eigenvalue weighted by Gasteiger charge is -2.09. The third-order valence-electron chi connectivity index (χ3n) is 2.35. The molecular weight excluding hydrogens is 131 g/mol. The minimum Gasteiger partial charge on any atom is -0.111 e. The second kappa shape index (κ2) is 6.51. The molecule has 0 spiro atoms. The molecule has 64 valence electrons. The Morgan fingerprint density at radius 1 is 1.27 bits per heavy atom. The maximum Gasteiger partial charge on any atom is 0.169 e. The predicted octanol–water partition coefficient (Wildman–Crippen LogP) is 3.81. The molecule has 0 atom stereocenters. The van der Waals surface area contributed by atoms with Crippen LogP contribution in [0.5, 0.6) is 0 Å².